The second-order valence-electron chi connectivity index (χ2n) is 7.83. The SMILES string of the molecule is CCOc1ccc(-c2nc(C)c(C(=O)N3CCC(NC(=O)c4cnn(C)c4)CC3)s2)cc1. The molecule has 1 aliphatic rings. The Morgan fingerprint density at radius 1 is 1.22 bits per heavy atom. The van der Waals surface area contributed by atoms with E-state index in [2.05, 4.69) is 15.4 Å². The number of hydrogen-bond donors (Lipinski definition) is 1. The molecule has 4 rings (SSSR count). The summed E-state index contributed by atoms with van der Waals surface area (Å²) in [7, 11) is 1.78. The molecule has 1 aliphatic heterocycles. The van der Waals surface area contributed by atoms with E-state index in [0.717, 1.165) is 34.9 Å². The van der Waals surface area contributed by atoms with E-state index < -0.39 is 0 Å². The largest absolute Gasteiger partial charge is 0.494 e. The molecular weight excluding hydrogens is 426 g/mol. The molecule has 0 saturated carbocycles. The van der Waals surface area contributed by atoms with Crippen molar-refractivity contribution < 1.29 is 14.3 Å². The smallest absolute Gasteiger partial charge is 0.265 e. The van der Waals surface area contributed by atoms with E-state index in [-0.39, 0.29) is 17.9 Å². The Kier molecular flexibility index (Phi) is 6.55. The minimum Gasteiger partial charge on any atom is -0.494 e. The minimum absolute atomic E-state index is 0.00854. The molecule has 1 aromatic carbocycles. The van der Waals surface area contributed by atoms with Crippen LogP contribution < -0.4 is 10.1 Å². The first kappa shape index (κ1) is 22.0. The van der Waals surface area contributed by atoms with Gasteiger partial charge < -0.3 is 15.0 Å². The number of amides is 2. The third kappa shape index (κ3) is 4.83. The van der Waals surface area contributed by atoms with Gasteiger partial charge >= 0.3 is 0 Å². The molecule has 2 amide bonds. The Hall–Kier alpha value is -3.20. The van der Waals surface area contributed by atoms with Crippen LogP contribution in [0.3, 0.4) is 0 Å². The Morgan fingerprint density at radius 3 is 2.56 bits per heavy atom. The molecule has 0 atom stereocenters. The number of rotatable bonds is 6. The van der Waals surface area contributed by atoms with Crippen LogP contribution in [0.2, 0.25) is 0 Å². The van der Waals surface area contributed by atoms with Crippen molar-refractivity contribution in [1.82, 2.24) is 25.0 Å². The zero-order valence-electron chi connectivity index (χ0n) is 18.5. The summed E-state index contributed by atoms with van der Waals surface area (Å²) in [6.07, 6.45) is 4.70. The summed E-state index contributed by atoms with van der Waals surface area (Å²) in [5.41, 5.74) is 2.27. The number of nitrogens with one attached hydrogen (secondary N) is 1. The van der Waals surface area contributed by atoms with Gasteiger partial charge in [0, 0.05) is 37.9 Å². The summed E-state index contributed by atoms with van der Waals surface area (Å²) in [6, 6.07) is 7.82. The van der Waals surface area contributed by atoms with Gasteiger partial charge in [0.1, 0.15) is 15.6 Å². The first-order chi connectivity index (χ1) is 15.4. The van der Waals surface area contributed by atoms with Crippen LogP contribution in [-0.2, 0) is 7.05 Å². The van der Waals surface area contributed by atoms with Crippen molar-refractivity contribution in [3.8, 4) is 16.3 Å². The standard InChI is InChI=1S/C23H27N5O3S/c1-4-31-19-7-5-16(6-8-19)22-25-15(2)20(32-22)23(30)28-11-9-18(10-12-28)26-21(29)17-13-24-27(3)14-17/h5-8,13-14,18H,4,9-12H2,1-3H3,(H,26,29). The van der Waals surface area contributed by atoms with Gasteiger partial charge in [-0.15, -0.1) is 11.3 Å². The average Bonchev–Trinajstić information content (AvgIpc) is 3.40. The molecule has 1 N–H and O–H groups in total. The van der Waals surface area contributed by atoms with Crippen LogP contribution >= 0.6 is 11.3 Å². The monoisotopic (exact) mass is 453 g/mol. The predicted molar refractivity (Wildman–Crippen MR) is 123 cm³/mol. The molecule has 0 aliphatic carbocycles. The van der Waals surface area contributed by atoms with E-state index in [1.54, 1.807) is 24.1 Å². The number of ether oxygens (including phenoxy) is 1. The van der Waals surface area contributed by atoms with Crippen molar-refractivity contribution in [2.75, 3.05) is 19.7 Å². The average molecular weight is 454 g/mol. The fourth-order valence-corrected chi connectivity index (χ4v) is 4.80. The molecule has 3 aromatic rings. The second kappa shape index (κ2) is 9.52. The molecule has 1 fully saturated rings. The van der Waals surface area contributed by atoms with Crippen molar-refractivity contribution >= 4 is 23.2 Å². The number of aryl methyl sites for hydroxylation is 2. The van der Waals surface area contributed by atoms with Gasteiger partial charge in [0.25, 0.3) is 11.8 Å². The number of nitrogens with zero attached hydrogens (tertiary/aromatic N) is 4. The first-order valence-electron chi connectivity index (χ1n) is 10.7. The lowest BCUT2D eigenvalue weighted by Crippen LogP contribution is -2.46. The molecule has 32 heavy (non-hydrogen) atoms. The van der Waals surface area contributed by atoms with E-state index in [1.807, 2.05) is 43.0 Å². The quantitative estimate of drug-likeness (QED) is 0.619. The third-order valence-corrected chi connectivity index (χ3v) is 6.68. The van der Waals surface area contributed by atoms with Crippen molar-refractivity contribution in [2.24, 2.45) is 7.05 Å². The Labute approximate surface area is 191 Å². The second-order valence-corrected chi connectivity index (χ2v) is 8.83. The van der Waals surface area contributed by atoms with Crippen LogP contribution in [0.5, 0.6) is 5.75 Å². The number of benzene rings is 1. The van der Waals surface area contributed by atoms with Crippen LogP contribution in [-0.4, -0.2) is 57.2 Å². The van der Waals surface area contributed by atoms with E-state index in [4.69, 9.17) is 4.74 Å². The lowest BCUT2D eigenvalue weighted by Gasteiger charge is -2.32. The van der Waals surface area contributed by atoms with Gasteiger partial charge in [0.15, 0.2) is 0 Å². The fraction of sp³-hybridized carbons (Fsp3) is 0.391. The predicted octanol–water partition coefficient (Wildman–Crippen LogP) is 3.29. The van der Waals surface area contributed by atoms with E-state index >= 15 is 0 Å². The molecule has 0 bridgehead atoms. The van der Waals surface area contributed by atoms with Crippen LogP contribution in [0.4, 0.5) is 0 Å². The highest BCUT2D eigenvalue weighted by molar-refractivity contribution is 7.17. The number of hydrogen-bond acceptors (Lipinski definition) is 6. The molecule has 0 spiro atoms. The normalized spacial score (nSPS) is 14.4. The number of thiazole rings is 1. The van der Waals surface area contributed by atoms with Crippen molar-refractivity contribution in [3.05, 3.63) is 52.8 Å². The van der Waals surface area contributed by atoms with Crippen LogP contribution in [0.1, 0.15) is 45.5 Å². The van der Waals surface area contributed by atoms with Crippen LogP contribution in [0, 0.1) is 6.92 Å². The Morgan fingerprint density at radius 2 is 1.94 bits per heavy atom. The number of piperidine rings is 1. The molecular formula is C23H27N5O3S. The van der Waals surface area contributed by atoms with Gasteiger partial charge in [0.2, 0.25) is 0 Å². The van der Waals surface area contributed by atoms with Gasteiger partial charge in [-0.3, -0.25) is 14.3 Å². The summed E-state index contributed by atoms with van der Waals surface area (Å²) < 4.78 is 7.10. The topological polar surface area (TPSA) is 89.3 Å². The van der Waals surface area contributed by atoms with Crippen molar-refractivity contribution in [3.63, 3.8) is 0 Å². The van der Waals surface area contributed by atoms with Gasteiger partial charge in [-0.25, -0.2) is 4.98 Å². The zero-order chi connectivity index (χ0) is 22.7. The summed E-state index contributed by atoms with van der Waals surface area (Å²) in [5.74, 6) is 0.703. The summed E-state index contributed by atoms with van der Waals surface area (Å²) in [6.45, 7) is 5.66. The van der Waals surface area contributed by atoms with Gasteiger partial charge in [-0.2, -0.15) is 5.10 Å². The summed E-state index contributed by atoms with van der Waals surface area (Å²) in [4.78, 5) is 32.6. The van der Waals surface area contributed by atoms with Crippen molar-refractivity contribution in [2.45, 2.75) is 32.7 Å². The molecule has 9 heteroatoms. The Bertz CT molecular complexity index is 1100. The maximum absolute atomic E-state index is 13.1. The lowest BCUT2D eigenvalue weighted by atomic mass is 10.0. The van der Waals surface area contributed by atoms with E-state index in [0.29, 0.717) is 30.1 Å². The lowest BCUT2D eigenvalue weighted by molar-refractivity contribution is 0.0702. The molecule has 168 valence electrons. The number of carbonyl (C=O) groups excluding carboxylic acids is 2. The number of likely N-dealkylation sites (tertiary alicyclic amines) is 1. The van der Waals surface area contributed by atoms with Gasteiger partial charge in [0.05, 0.1) is 24.1 Å². The molecule has 8 nitrogen and oxygen atoms in total. The summed E-state index contributed by atoms with van der Waals surface area (Å²) >= 11 is 1.42. The highest BCUT2D eigenvalue weighted by atomic mass is 32.1. The number of carbonyl (C=O) groups is 2. The van der Waals surface area contributed by atoms with Gasteiger partial charge in [-0.1, -0.05) is 0 Å². The van der Waals surface area contributed by atoms with Gasteiger partial charge in [-0.05, 0) is 51.0 Å². The third-order valence-electron chi connectivity index (χ3n) is 5.49. The van der Waals surface area contributed by atoms with Crippen LogP contribution in [0.15, 0.2) is 36.7 Å². The molecule has 0 radical (unpaired) electrons. The fourth-order valence-electron chi connectivity index (χ4n) is 3.76. The first-order valence-corrected chi connectivity index (χ1v) is 11.6. The zero-order valence-corrected chi connectivity index (χ0v) is 19.3. The molecule has 0 unspecified atom stereocenters. The molecule has 1 saturated heterocycles. The highest BCUT2D eigenvalue weighted by Gasteiger charge is 2.27. The van der Waals surface area contributed by atoms with Crippen LogP contribution in [0.25, 0.3) is 10.6 Å². The molecule has 3 heterocycles. The summed E-state index contributed by atoms with van der Waals surface area (Å²) in [5, 5.41) is 7.91. The molecule has 2 aromatic heterocycles. The minimum atomic E-state index is -0.124. The van der Waals surface area contributed by atoms with E-state index in [9.17, 15) is 9.59 Å². The number of aromatic nitrogens is 3. The Balaban J connectivity index is 1.36. The van der Waals surface area contributed by atoms with Crippen molar-refractivity contribution in [1.29, 1.82) is 0 Å². The van der Waals surface area contributed by atoms with E-state index in [1.165, 1.54) is 11.3 Å². The maximum Gasteiger partial charge on any atom is 0.265 e. The maximum atomic E-state index is 13.1. The highest BCUT2D eigenvalue weighted by Crippen LogP contribution is 2.30.